The molecule has 1 aliphatic rings. The summed E-state index contributed by atoms with van der Waals surface area (Å²) in [5.74, 6) is -12.5. The molecule has 3 aromatic rings. The number of carbonyl (C=O) groups is 2. The molecule has 0 aliphatic heterocycles. The predicted octanol–water partition coefficient (Wildman–Crippen LogP) is 5.68. The maximum atomic E-state index is 15.8. The number of hydrogen-bond donors (Lipinski definition) is 3. The van der Waals surface area contributed by atoms with E-state index < -0.39 is 90.7 Å². The quantitative estimate of drug-likeness (QED) is 0.239. The van der Waals surface area contributed by atoms with E-state index in [1.165, 1.54) is 10.7 Å². The zero-order chi connectivity index (χ0) is 32.6. The largest absolute Gasteiger partial charge is 0.350 e. The van der Waals surface area contributed by atoms with Crippen LogP contribution in [-0.2, 0) is 4.79 Å². The van der Waals surface area contributed by atoms with E-state index >= 15 is 4.39 Å². The molecule has 1 aliphatic carbocycles. The van der Waals surface area contributed by atoms with Gasteiger partial charge in [0, 0.05) is 37.8 Å². The van der Waals surface area contributed by atoms with Crippen molar-refractivity contribution in [2.75, 3.05) is 6.54 Å². The van der Waals surface area contributed by atoms with Gasteiger partial charge < -0.3 is 15.6 Å². The molecule has 1 saturated carbocycles. The lowest BCUT2D eigenvalue weighted by molar-refractivity contribution is -0.125. The number of aromatic amines is 1. The van der Waals surface area contributed by atoms with Crippen molar-refractivity contribution in [1.82, 2.24) is 35.4 Å². The molecule has 1 aromatic carbocycles. The Balaban J connectivity index is 1.75. The van der Waals surface area contributed by atoms with Gasteiger partial charge in [0.25, 0.3) is 11.8 Å². The molecule has 0 radical (unpaired) electrons. The number of hydrogen-bond acceptors (Lipinski definition) is 5. The lowest BCUT2D eigenvalue weighted by Gasteiger charge is -2.33. The molecule has 236 valence electrons. The van der Waals surface area contributed by atoms with Gasteiger partial charge in [0.05, 0.1) is 24.0 Å². The molecule has 4 rings (SSSR count). The lowest BCUT2D eigenvalue weighted by Crippen LogP contribution is -2.38. The molecule has 1 fully saturated rings. The van der Waals surface area contributed by atoms with Gasteiger partial charge in [-0.25, -0.2) is 45.4 Å². The number of rotatable bonds is 11. The van der Waals surface area contributed by atoms with Crippen molar-refractivity contribution in [2.24, 2.45) is 5.92 Å². The Morgan fingerprint density at radius 1 is 1.23 bits per heavy atom. The molecular weight excluding hydrogens is 587 g/mol. The number of H-pyrrole nitrogens is 1. The first-order chi connectivity index (χ1) is 20.5. The van der Waals surface area contributed by atoms with Crippen LogP contribution in [0.25, 0.3) is 11.0 Å². The first-order valence-corrected chi connectivity index (χ1v) is 13.7. The molecule has 2 atom stereocenters. The third-order valence-corrected chi connectivity index (χ3v) is 7.32. The first-order valence-electron chi connectivity index (χ1n) is 14.1. The molecule has 9 nitrogen and oxygen atoms in total. The number of aromatic nitrogens is 5. The fourth-order valence-corrected chi connectivity index (χ4v) is 5.14. The van der Waals surface area contributed by atoms with E-state index in [1.807, 2.05) is 5.32 Å². The molecular formula is C27H32F7N7O2. The summed E-state index contributed by atoms with van der Waals surface area (Å²) in [6.45, 7) is 2.83. The van der Waals surface area contributed by atoms with Gasteiger partial charge in [0.1, 0.15) is 17.7 Å². The van der Waals surface area contributed by atoms with Crippen LogP contribution in [0.5, 0.6) is 0 Å². The summed E-state index contributed by atoms with van der Waals surface area (Å²) >= 11 is 0. The monoisotopic (exact) mass is 620 g/mol. The van der Waals surface area contributed by atoms with E-state index in [4.69, 9.17) is 1.41 Å². The number of amides is 2. The maximum Gasteiger partial charge on any atom is 0.289 e. The average molecular weight is 621 g/mol. The van der Waals surface area contributed by atoms with Crippen molar-refractivity contribution in [3.05, 3.63) is 41.5 Å². The van der Waals surface area contributed by atoms with E-state index in [2.05, 4.69) is 20.1 Å². The third-order valence-electron chi connectivity index (χ3n) is 7.32. The Hall–Kier alpha value is -3.72. The summed E-state index contributed by atoms with van der Waals surface area (Å²) < 4.78 is 107. The summed E-state index contributed by atoms with van der Waals surface area (Å²) in [5, 5.41) is 6.39. The highest BCUT2D eigenvalue weighted by Crippen LogP contribution is 2.41. The number of nitrogens with one attached hydrogen (secondary N) is 3. The minimum atomic E-state index is -3.34. The van der Waals surface area contributed by atoms with Gasteiger partial charge in [-0.1, -0.05) is 6.07 Å². The van der Waals surface area contributed by atoms with Crippen LogP contribution < -0.4 is 10.6 Å². The number of nitrogens with zero attached hydrogens (tertiary/aromatic N) is 4. The van der Waals surface area contributed by atoms with E-state index in [0.29, 0.717) is 12.2 Å². The summed E-state index contributed by atoms with van der Waals surface area (Å²) in [6.07, 6.45) is -4.34. The van der Waals surface area contributed by atoms with E-state index in [-0.39, 0.29) is 36.0 Å². The smallest absolute Gasteiger partial charge is 0.289 e. The fourth-order valence-electron chi connectivity index (χ4n) is 5.14. The predicted molar refractivity (Wildman–Crippen MR) is 141 cm³/mol. The number of halogens is 7. The van der Waals surface area contributed by atoms with Crippen molar-refractivity contribution >= 4 is 22.8 Å². The van der Waals surface area contributed by atoms with Crippen LogP contribution in [0.1, 0.15) is 92.9 Å². The van der Waals surface area contributed by atoms with Gasteiger partial charge in [-0.05, 0) is 38.7 Å². The van der Waals surface area contributed by atoms with E-state index in [0.717, 1.165) is 12.4 Å². The summed E-state index contributed by atoms with van der Waals surface area (Å²) in [6, 6.07) is 0.693. The Labute approximate surface area is 243 Å². The Morgan fingerprint density at radius 3 is 2.51 bits per heavy atom. The van der Waals surface area contributed by atoms with Crippen LogP contribution in [-0.4, -0.2) is 61.4 Å². The standard InChI is InChI=1S/C27H32F7N7O2/c1-13(2)41-23(36-12-37-41)25(43)40-20(14-6-8-27(33,34)9-7-14)22-38-17-5-4-15(19(30)21(17)39-22)16(10-18(28)29)24(42)35-11-26(3,31)32/h4-5,12-14,16,18,20H,6-11H2,1-3H3,(H,35,42)(H,38,39)(H,40,43)/t16-,20+/m1/s1/i/hD. The number of imidazole rings is 1. The van der Waals surface area contributed by atoms with Gasteiger partial charge in [-0.3, -0.25) is 9.59 Å². The molecule has 0 bridgehead atoms. The van der Waals surface area contributed by atoms with Crippen molar-refractivity contribution in [1.29, 1.82) is 0 Å². The number of alkyl halides is 6. The Bertz CT molecular complexity index is 1480. The highest BCUT2D eigenvalue weighted by atomic mass is 19.3. The van der Waals surface area contributed by atoms with Crippen molar-refractivity contribution < 1.29 is 41.7 Å². The van der Waals surface area contributed by atoms with Gasteiger partial charge in [0.2, 0.25) is 24.1 Å². The zero-order valence-electron chi connectivity index (χ0n) is 24.6. The topological polar surface area (TPSA) is 118 Å². The molecule has 0 spiro atoms. The second-order valence-electron chi connectivity index (χ2n) is 11.1. The highest BCUT2D eigenvalue weighted by Gasteiger charge is 2.40. The van der Waals surface area contributed by atoms with Gasteiger partial charge in [0.15, 0.2) is 7.23 Å². The molecule has 3 N–H and O–H groups in total. The van der Waals surface area contributed by atoms with Crippen molar-refractivity contribution in [3.63, 3.8) is 0 Å². The minimum Gasteiger partial charge on any atom is -0.350 e. The average Bonchev–Trinajstić information content (AvgIpc) is 3.59. The SMILES string of the molecule is [2H]N(C(=O)c1ncnn1C(C)C)[C@H](c1nc2c(F)c([C@@H](CC(F)F)C(=O)NCC(C)(F)F)ccc2[nH]1)C1CCC(F)(F)CC1. The fraction of sp³-hybridized carbons (Fsp3) is 0.593. The second-order valence-corrected chi connectivity index (χ2v) is 11.1. The number of carbonyl (C=O) groups excluding carboxylic acids is 2. The van der Waals surface area contributed by atoms with Crippen molar-refractivity contribution in [3.8, 4) is 0 Å². The Kier molecular flexibility index (Phi) is 8.92. The van der Waals surface area contributed by atoms with Gasteiger partial charge in [-0.15, -0.1) is 0 Å². The third kappa shape index (κ3) is 7.63. The molecule has 2 heterocycles. The molecule has 2 amide bonds. The van der Waals surface area contributed by atoms with E-state index in [9.17, 15) is 35.9 Å². The van der Waals surface area contributed by atoms with Crippen LogP contribution in [0.4, 0.5) is 30.7 Å². The van der Waals surface area contributed by atoms with Crippen LogP contribution in [0.3, 0.4) is 0 Å². The van der Waals surface area contributed by atoms with E-state index in [1.54, 1.807) is 13.8 Å². The van der Waals surface area contributed by atoms with Crippen LogP contribution >= 0.6 is 0 Å². The molecule has 16 heteroatoms. The van der Waals surface area contributed by atoms with Crippen LogP contribution in [0.15, 0.2) is 18.5 Å². The van der Waals surface area contributed by atoms with Crippen LogP contribution in [0.2, 0.25) is 1.41 Å². The summed E-state index contributed by atoms with van der Waals surface area (Å²) in [7, 11) is 0. The highest BCUT2D eigenvalue weighted by molar-refractivity contribution is 5.91. The molecule has 0 unspecified atom stereocenters. The van der Waals surface area contributed by atoms with Gasteiger partial charge >= 0.3 is 0 Å². The minimum absolute atomic E-state index is 0.00915. The normalized spacial score (nSPS) is 17.7. The van der Waals surface area contributed by atoms with Crippen molar-refractivity contribution in [2.45, 2.75) is 89.1 Å². The maximum absolute atomic E-state index is 15.8. The molecule has 2 aromatic heterocycles. The first kappa shape index (κ1) is 30.7. The van der Waals surface area contributed by atoms with Gasteiger partial charge in [-0.2, -0.15) is 5.10 Å². The molecule has 0 saturated heterocycles. The van der Waals surface area contributed by atoms with Crippen LogP contribution in [0, 0.1) is 11.7 Å². The second kappa shape index (κ2) is 12.5. The lowest BCUT2D eigenvalue weighted by atomic mass is 9.81. The zero-order valence-corrected chi connectivity index (χ0v) is 23.6. The summed E-state index contributed by atoms with van der Waals surface area (Å²) in [5.41, 5.74) is -0.942. The molecule has 43 heavy (non-hydrogen) atoms. The summed E-state index contributed by atoms with van der Waals surface area (Å²) in [4.78, 5) is 37.0. The number of fused-ring (bicyclic) bond motifs is 1. The number of benzene rings is 1. The Morgan fingerprint density at radius 2 is 1.91 bits per heavy atom.